The molecule has 0 saturated heterocycles. The van der Waals surface area contributed by atoms with Gasteiger partial charge in [-0.3, -0.25) is 9.59 Å². The normalized spacial score (nSPS) is 23.8. The van der Waals surface area contributed by atoms with Crippen molar-refractivity contribution in [2.75, 3.05) is 26.9 Å². The van der Waals surface area contributed by atoms with Gasteiger partial charge in [-0.05, 0) is 47.0 Å². The van der Waals surface area contributed by atoms with Gasteiger partial charge in [-0.25, -0.2) is 0 Å². The largest absolute Gasteiger partial charge is 0.468 e. The molecular weight excluding hydrogens is 388 g/mol. The molecule has 1 fully saturated rings. The van der Waals surface area contributed by atoms with Gasteiger partial charge in [0.1, 0.15) is 11.7 Å². The van der Waals surface area contributed by atoms with E-state index in [1.54, 1.807) is 6.92 Å². The SMILES string of the molecule is CCOC(C)OCCCCCCC=C[C@@H]1[C@H](C(=O)OC)C(=O)C[C@H]1OC(C)OCC. The minimum absolute atomic E-state index is 0.133. The molecule has 1 rings (SSSR count). The Labute approximate surface area is 181 Å². The summed E-state index contributed by atoms with van der Waals surface area (Å²) >= 11 is 0. The Kier molecular flexibility index (Phi) is 13.8. The van der Waals surface area contributed by atoms with E-state index >= 15 is 0 Å². The van der Waals surface area contributed by atoms with Gasteiger partial charge in [0.25, 0.3) is 0 Å². The Balaban J connectivity index is 2.43. The molecule has 1 aliphatic rings. The van der Waals surface area contributed by atoms with Crippen molar-refractivity contribution in [3.63, 3.8) is 0 Å². The molecule has 0 aliphatic heterocycles. The van der Waals surface area contributed by atoms with Crippen molar-refractivity contribution in [1.29, 1.82) is 0 Å². The van der Waals surface area contributed by atoms with E-state index in [4.69, 9.17) is 23.7 Å². The number of hydrogen-bond donors (Lipinski definition) is 0. The highest BCUT2D eigenvalue weighted by Crippen LogP contribution is 2.34. The number of carbonyl (C=O) groups is 2. The molecule has 5 atom stereocenters. The van der Waals surface area contributed by atoms with Crippen LogP contribution < -0.4 is 0 Å². The molecule has 0 aromatic rings. The first-order valence-corrected chi connectivity index (χ1v) is 11.2. The second-order valence-corrected chi connectivity index (χ2v) is 7.47. The summed E-state index contributed by atoms with van der Waals surface area (Å²) in [6.07, 6.45) is 8.40. The molecule has 7 heteroatoms. The van der Waals surface area contributed by atoms with E-state index in [1.807, 2.05) is 26.8 Å². The number of rotatable bonds is 16. The van der Waals surface area contributed by atoms with Gasteiger partial charge in [0.05, 0.1) is 13.2 Å². The number of methoxy groups -OCH3 is 1. The van der Waals surface area contributed by atoms with E-state index < -0.39 is 18.2 Å². The molecule has 0 amide bonds. The summed E-state index contributed by atoms with van der Waals surface area (Å²) in [6, 6.07) is 0. The molecule has 2 unspecified atom stereocenters. The molecule has 0 heterocycles. The van der Waals surface area contributed by atoms with Gasteiger partial charge in [-0.1, -0.05) is 25.0 Å². The number of carbonyl (C=O) groups excluding carboxylic acids is 2. The minimum Gasteiger partial charge on any atom is -0.468 e. The van der Waals surface area contributed by atoms with E-state index in [0.29, 0.717) is 19.8 Å². The van der Waals surface area contributed by atoms with Crippen LogP contribution in [0.2, 0.25) is 0 Å². The molecule has 0 radical (unpaired) electrons. The fourth-order valence-electron chi connectivity index (χ4n) is 3.70. The molecule has 0 aromatic carbocycles. The Bertz CT molecular complexity index is 520. The zero-order valence-corrected chi connectivity index (χ0v) is 19.3. The molecule has 0 bridgehead atoms. The molecule has 30 heavy (non-hydrogen) atoms. The van der Waals surface area contributed by atoms with Crippen LogP contribution in [0, 0.1) is 11.8 Å². The minimum atomic E-state index is -0.797. The number of Topliss-reactive ketones (excluding diaryl/α,β-unsaturated/α-hetero) is 1. The fourth-order valence-corrected chi connectivity index (χ4v) is 3.70. The van der Waals surface area contributed by atoms with Gasteiger partial charge in [0.15, 0.2) is 12.6 Å². The topological polar surface area (TPSA) is 80.3 Å². The first kappa shape index (κ1) is 26.8. The summed E-state index contributed by atoms with van der Waals surface area (Å²) < 4.78 is 27.1. The lowest BCUT2D eigenvalue weighted by atomic mass is 9.93. The van der Waals surface area contributed by atoms with Crippen LogP contribution in [0.3, 0.4) is 0 Å². The number of ether oxygens (including phenoxy) is 5. The summed E-state index contributed by atoms with van der Waals surface area (Å²) in [5.41, 5.74) is 0. The molecule has 1 saturated carbocycles. The average molecular weight is 429 g/mol. The Morgan fingerprint density at radius 1 is 1.03 bits per heavy atom. The lowest BCUT2D eigenvalue weighted by Crippen LogP contribution is -2.30. The third kappa shape index (κ3) is 9.69. The Morgan fingerprint density at radius 2 is 1.70 bits per heavy atom. The first-order valence-electron chi connectivity index (χ1n) is 11.2. The van der Waals surface area contributed by atoms with Crippen molar-refractivity contribution >= 4 is 11.8 Å². The predicted octanol–water partition coefficient (Wildman–Crippen LogP) is 4.04. The summed E-state index contributed by atoms with van der Waals surface area (Å²) in [6.45, 7) is 9.45. The average Bonchev–Trinajstić information content (AvgIpc) is 3.01. The molecule has 0 aromatic heterocycles. The van der Waals surface area contributed by atoms with Gasteiger partial charge in [0.2, 0.25) is 0 Å². The fraction of sp³-hybridized carbons (Fsp3) is 0.826. The lowest BCUT2D eigenvalue weighted by Gasteiger charge is -2.23. The Hall–Kier alpha value is -1.28. The van der Waals surface area contributed by atoms with Crippen LogP contribution in [0.15, 0.2) is 12.2 Å². The van der Waals surface area contributed by atoms with Crippen molar-refractivity contribution in [3.05, 3.63) is 12.2 Å². The Morgan fingerprint density at radius 3 is 2.37 bits per heavy atom. The first-order chi connectivity index (χ1) is 14.4. The smallest absolute Gasteiger partial charge is 0.316 e. The summed E-state index contributed by atoms with van der Waals surface area (Å²) in [5, 5.41) is 0. The molecule has 174 valence electrons. The van der Waals surface area contributed by atoms with Crippen LogP contribution >= 0.6 is 0 Å². The monoisotopic (exact) mass is 428 g/mol. The maximum absolute atomic E-state index is 12.4. The van der Waals surface area contributed by atoms with Crippen LogP contribution in [-0.4, -0.2) is 57.4 Å². The number of unbranched alkanes of at least 4 members (excludes halogenated alkanes) is 4. The van der Waals surface area contributed by atoms with E-state index in [2.05, 4.69) is 6.08 Å². The van der Waals surface area contributed by atoms with Crippen LogP contribution in [-0.2, 0) is 33.3 Å². The van der Waals surface area contributed by atoms with Crippen molar-refractivity contribution in [2.24, 2.45) is 11.8 Å². The predicted molar refractivity (Wildman–Crippen MR) is 114 cm³/mol. The molecular formula is C23H40O7. The summed E-state index contributed by atoms with van der Waals surface area (Å²) in [7, 11) is 1.31. The van der Waals surface area contributed by atoms with Gasteiger partial charge in [-0.15, -0.1) is 0 Å². The molecule has 1 aliphatic carbocycles. The van der Waals surface area contributed by atoms with Crippen LogP contribution in [0.1, 0.15) is 66.2 Å². The van der Waals surface area contributed by atoms with Crippen LogP contribution in [0.4, 0.5) is 0 Å². The van der Waals surface area contributed by atoms with Gasteiger partial charge in [0, 0.05) is 32.2 Å². The molecule has 7 nitrogen and oxygen atoms in total. The van der Waals surface area contributed by atoms with Crippen molar-refractivity contribution < 1.29 is 33.3 Å². The van der Waals surface area contributed by atoms with E-state index in [1.165, 1.54) is 7.11 Å². The molecule has 0 spiro atoms. The maximum Gasteiger partial charge on any atom is 0.316 e. The van der Waals surface area contributed by atoms with E-state index in [0.717, 1.165) is 32.1 Å². The van der Waals surface area contributed by atoms with Crippen molar-refractivity contribution in [2.45, 2.75) is 84.9 Å². The van der Waals surface area contributed by atoms with Crippen molar-refractivity contribution in [3.8, 4) is 0 Å². The maximum atomic E-state index is 12.4. The van der Waals surface area contributed by atoms with Gasteiger partial charge < -0.3 is 23.7 Å². The number of hydrogen-bond acceptors (Lipinski definition) is 7. The number of esters is 1. The zero-order chi connectivity index (χ0) is 22.4. The number of ketones is 1. The summed E-state index contributed by atoms with van der Waals surface area (Å²) in [5.74, 6) is -1.74. The van der Waals surface area contributed by atoms with E-state index in [9.17, 15) is 9.59 Å². The van der Waals surface area contributed by atoms with Crippen molar-refractivity contribution in [1.82, 2.24) is 0 Å². The zero-order valence-electron chi connectivity index (χ0n) is 19.3. The highest BCUT2D eigenvalue weighted by molar-refractivity contribution is 6.01. The van der Waals surface area contributed by atoms with Crippen LogP contribution in [0.5, 0.6) is 0 Å². The van der Waals surface area contributed by atoms with E-state index in [-0.39, 0.29) is 30.5 Å². The lowest BCUT2D eigenvalue weighted by molar-refractivity contribution is -0.166. The third-order valence-electron chi connectivity index (χ3n) is 5.16. The highest BCUT2D eigenvalue weighted by atomic mass is 16.7. The second kappa shape index (κ2) is 15.5. The quantitative estimate of drug-likeness (QED) is 0.121. The molecule has 0 N–H and O–H groups in total. The van der Waals surface area contributed by atoms with Crippen LogP contribution in [0.25, 0.3) is 0 Å². The van der Waals surface area contributed by atoms with Gasteiger partial charge >= 0.3 is 5.97 Å². The highest BCUT2D eigenvalue weighted by Gasteiger charge is 2.47. The number of allylic oxidation sites excluding steroid dienone is 1. The third-order valence-corrected chi connectivity index (χ3v) is 5.16. The second-order valence-electron chi connectivity index (χ2n) is 7.47. The van der Waals surface area contributed by atoms with Gasteiger partial charge in [-0.2, -0.15) is 0 Å². The summed E-state index contributed by atoms with van der Waals surface area (Å²) in [4.78, 5) is 24.5. The standard InChI is InChI=1S/C23H40O7/c1-6-27-17(3)29-15-13-11-9-8-10-12-14-19-21(30-18(4)28-7-2)16-20(24)22(19)23(25)26-5/h12,14,17-19,21-22H,6-11,13,15-16H2,1-5H3/t17?,18?,19-,21+,22-/m0/s1.